The van der Waals surface area contributed by atoms with Gasteiger partial charge in [0, 0.05) is 6.54 Å². The summed E-state index contributed by atoms with van der Waals surface area (Å²) in [4.78, 5) is 0. The third-order valence-electron chi connectivity index (χ3n) is 2.56. The van der Waals surface area contributed by atoms with Gasteiger partial charge in [-0.25, -0.2) is 4.68 Å². The van der Waals surface area contributed by atoms with Gasteiger partial charge in [-0.2, -0.15) is 0 Å². The number of aryl methyl sites for hydroxylation is 1. The van der Waals surface area contributed by atoms with Gasteiger partial charge in [0.25, 0.3) is 0 Å². The minimum absolute atomic E-state index is 0.626. The van der Waals surface area contributed by atoms with E-state index in [4.69, 9.17) is 0 Å². The second kappa shape index (κ2) is 7.05. The maximum atomic E-state index is 4.22. The van der Waals surface area contributed by atoms with Gasteiger partial charge in [0.05, 0.1) is 5.69 Å². The Bertz CT molecular complexity index is 307. The summed E-state index contributed by atoms with van der Waals surface area (Å²) in [7, 11) is 0. The molecule has 0 unspecified atom stereocenters. The van der Waals surface area contributed by atoms with Crippen molar-refractivity contribution in [2.24, 2.45) is 5.92 Å². The number of aromatic nitrogens is 3. The average molecular weight is 288 g/mol. The molecule has 4 heteroatoms. The Morgan fingerprint density at radius 2 is 2.00 bits per heavy atom. The molecule has 0 radical (unpaired) electrons. The van der Waals surface area contributed by atoms with E-state index in [0.29, 0.717) is 5.92 Å². The van der Waals surface area contributed by atoms with Gasteiger partial charge < -0.3 is 0 Å². The van der Waals surface area contributed by atoms with Crippen LogP contribution in [-0.2, 0) is 13.0 Å². The smallest absolute Gasteiger partial charge is 0.127 e. The minimum atomic E-state index is 0.626. The Kier molecular flexibility index (Phi) is 6.03. The van der Waals surface area contributed by atoms with Gasteiger partial charge in [0.15, 0.2) is 0 Å². The molecule has 16 heavy (non-hydrogen) atoms. The lowest BCUT2D eigenvalue weighted by Crippen LogP contribution is -2.01. The summed E-state index contributed by atoms with van der Waals surface area (Å²) in [5.41, 5.74) is 1.09. The fourth-order valence-corrected chi connectivity index (χ4v) is 2.17. The topological polar surface area (TPSA) is 30.7 Å². The van der Waals surface area contributed by atoms with Crippen molar-refractivity contribution in [1.82, 2.24) is 15.0 Å². The van der Waals surface area contributed by atoms with E-state index in [2.05, 4.69) is 47.0 Å². The molecule has 0 amide bonds. The highest BCUT2D eigenvalue weighted by atomic mass is 79.9. The van der Waals surface area contributed by atoms with Crippen LogP contribution in [0, 0.1) is 5.92 Å². The molecule has 0 aliphatic rings. The Balaban J connectivity index is 2.45. The minimum Gasteiger partial charge on any atom is -0.238 e. The van der Waals surface area contributed by atoms with E-state index in [1.165, 1.54) is 25.7 Å². The first-order chi connectivity index (χ1) is 7.65. The number of halogens is 1. The maximum absolute atomic E-state index is 4.22. The molecule has 1 aromatic rings. The molecule has 92 valence electrons. The fourth-order valence-electron chi connectivity index (χ4n) is 1.68. The van der Waals surface area contributed by atoms with Gasteiger partial charge >= 0.3 is 0 Å². The van der Waals surface area contributed by atoms with Crippen LogP contribution in [0.4, 0.5) is 0 Å². The summed E-state index contributed by atoms with van der Waals surface area (Å²) in [5, 5.41) is 8.41. The Labute approximate surface area is 107 Å². The largest absolute Gasteiger partial charge is 0.238 e. The van der Waals surface area contributed by atoms with Crippen molar-refractivity contribution >= 4 is 15.9 Å². The van der Waals surface area contributed by atoms with E-state index in [9.17, 15) is 0 Å². The Morgan fingerprint density at radius 3 is 2.62 bits per heavy atom. The van der Waals surface area contributed by atoms with Crippen LogP contribution >= 0.6 is 15.9 Å². The Morgan fingerprint density at radius 1 is 1.25 bits per heavy atom. The molecular weight excluding hydrogens is 266 g/mol. The van der Waals surface area contributed by atoms with Crippen molar-refractivity contribution in [1.29, 1.82) is 0 Å². The molecule has 1 aromatic heterocycles. The van der Waals surface area contributed by atoms with Crippen LogP contribution in [0.1, 0.15) is 52.1 Å². The highest BCUT2D eigenvalue weighted by Gasteiger charge is 2.10. The van der Waals surface area contributed by atoms with Crippen LogP contribution in [0.3, 0.4) is 0 Å². The van der Waals surface area contributed by atoms with E-state index >= 15 is 0 Å². The summed E-state index contributed by atoms with van der Waals surface area (Å²) in [5.74, 6) is 0.626. The zero-order chi connectivity index (χ0) is 12.0. The lowest BCUT2D eigenvalue weighted by atomic mass is 10.1. The lowest BCUT2D eigenvalue weighted by molar-refractivity contribution is 0.520. The summed E-state index contributed by atoms with van der Waals surface area (Å²) in [6.45, 7) is 7.61. The van der Waals surface area contributed by atoms with Gasteiger partial charge in [-0.3, -0.25) is 0 Å². The summed E-state index contributed by atoms with van der Waals surface area (Å²) < 4.78 is 3.05. The van der Waals surface area contributed by atoms with E-state index < -0.39 is 0 Å². The number of hydrogen-bond donors (Lipinski definition) is 0. The summed E-state index contributed by atoms with van der Waals surface area (Å²) in [6, 6.07) is 0. The van der Waals surface area contributed by atoms with Crippen molar-refractivity contribution in [3.05, 3.63) is 10.3 Å². The quantitative estimate of drug-likeness (QED) is 0.714. The van der Waals surface area contributed by atoms with Crippen LogP contribution < -0.4 is 0 Å². The second-order valence-electron chi connectivity index (χ2n) is 4.71. The van der Waals surface area contributed by atoms with E-state index in [-0.39, 0.29) is 0 Å². The van der Waals surface area contributed by atoms with Crippen molar-refractivity contribution in [3.63, 3.8) is 0 Å². The first-order valence-corrected chi connectivity index (χ1v) is 7.02. The zero-order valence-electron chi connectivity index (χ0n) is 10.5. The van der Waals surface area contributed by atoms with E-state index in [0.717, 1.165) is 23.3 Å². The fraction of sp³-hybridized carbons (Fsp3) is 0.833. The standard InChI is InChI=1S/C12H22BrN3/c1-4-5-6-7-8-16-12(13)11(14-15-16)9-10(2)3/h10H,4-9H2,1-3H3. The zero-order valence-corrected chi connectivity index (χ0v) is 12.1. The molecule has 0 bridgehead atoms. The normalized spacial score (nSPS) is 11.3. The van der Waals surface area contributed by atoms with E-state index in [1.54, 1.807) is 0 Å². The van der Waals surface area contributed by atoms with Crippen LogP contribution in [0.2, 0.25) is 0 Å². The molecule has 0 spiro atoms. The molecule has 0 aromatic carbocycles. The van der Waals surface area contributed by atoms with Crippen molar-refractivity contribution in [3.8, 4) is 0 Å². The van der Waals surface area contributed by atoms with Crippen molar-refractivity contribution in [2.45, 2.75) is 59.4 Å². The first-order valence-electron chi connectivity index (χ1n) is 6.23. The highest BCUT2D eigenvalue weighted by Crippen LogP contribution is 2.18. The molecule has 1 rings (SSSR count). The maximum Gasteiger partial charge on any atom is 0.127 e. The van der Waals surface area contributed by atoms with Gasteiger partial charge in [0.2, 0.25) is 0 Å². The van der Waals surface area contributed by atoms with Crippen molar-refractivity contribution < 1.29 is 0 Å². The van der Waals surface area contributed by atoms with Gasteiger partial charge in [0.1, 0.15) is 4.60 Å². The molecular formula is C12H22BrN3. The van der Waals surface area contributed by atoms with Gasteiger partial charge in [-0.05, 0) is 34.7 Å². The van der Waals surface area contributed by atoms with Crippen LogP contribution in [-0.4, -0.2) is 15.0 Å². The SMILES string of the molecule is CCCCCCn1nnc(CC(C)C)c1Br. The average Bonchev–Trinajstić information content (AvgIpc) is 2.56. The molecule has 1 heterocycles. The molecule has 0 saturated heterocycles. The molecule has 0 atom stereocenters. The third kappa shape index (κ3) is 4.24. The van der Waals surface area contributed by atoms with Crippen molar-refractivity contribution in [2.75, 3.05) is 0 Å². The number of hydrogen-bond acceptors (Lipinski definition) is 2. The predicted molar refractivity (Wildman–Crippen MR) is 70.4 cm³/mol. The van der Waals surface area contributed by atoms with Gasteiger partial charge in [-0.1, -0.05) is 45.2 Å². The predicted octanol–water partition coefficient (Wildman–Crippen LogP) is 3.82. The lowest BCUT2D eigenvalue weighted by Gasteiger charge is -2.03. The molecule has 3 nitrogen and oxygen atoms in total. The molecule has 0 N–H and O–H groups in total. The third-order valence-corrected chi connectivity index (χ3v) is 3.43. The molecule has 0 aliphatic heterocycles. The van der Waals surface area contributed by atoms with Crippen LogP contribution in [0.15, 0.2) is 4.60 Å². The van der Waals surface area contributed by atoms with Gasteiger partial charge in [-0.15, -0.1) is 5.10 Å². The second-order valence-corrected chi connectivity index (χ2v) is 5.46. The van der Waals surface area contributed by atoms with Crippen LogP contribution in [0.25, 0.3) is 0 Å². The first kappa shape index (κ1) is 13.7. The molecule has 0 aliphatic carbocycles. The highest BCUT2D eigenvalue weighted by molar-refractivity contribution is 9.10. The number of unbranched alkanes of at least 4 members (excludes halogenated alkanes) is 3. The monoisotopic (exact) mass is 287 g/mol. The summed E-state index contributed by atoms with van der Waals surface area (Å²) in [6.07, 6.45) is 6.05. The summed E-state index contributed by atoms with van der Waals surface area (Å²) >= 11 is 3.59. The molecule has 0 saturated carbocycles. The number of nitrogens with zero attached hydrogens (tertiary/aromatic N) is 3. The molecule has 0 fully saturated rings. The Hall–Kier alpha value is -0.380. The van der Waals surface area contributed by atoms with Crippen LogP contribution in [0.5, 0.6) is 0 Å². The van der Waals surface area contributed by atoms with E-state index in [1.807, 2.05) is 4.68 Å². The number of rotatable bonds is 7.